The van der Waals surface area contributed by atoms with Crippen LogP contribution in [0.3, 0.4) is 0 Å². The fraction of sp³-hybridized carbons (Fsp3) is 0.444. The van der Waals surface area contributed by atoms with Gasteiger partial charge in [0.15, 0.2) is 0 Å². The molecule has 2 saturated heterocycles. The minimum absolute atomic E-state index is 0.0782. The number of aromatic nitrogens is 2. The Morgan fingerprint density at radius 2 is 1.52 bits per heavy atom. The zero-order valence-electron chi connectivity index (χ0n) is 19.2. The van der Waals surface area contributed by atoms with Crippen LogP contribution in [0.25, 0.3) is 16.7 Å². The number of carbonyl (C=O) groups excluding carboxylic acids is 2. The molecule has 2 amide bonds. The second-order valence-corrected chi connectivity index (χ2v) is 9.23. The third kappa shape index (κ3) is 4.65. The Balaban J connectivity index is 1.22. The Bertz CT molecular complexity index is 1110. The molecule has 0 bridgehead atoms. The monoisotopic (exact) mass is 444 g/mol. The van der Waals surface area contributed by atoms with E-state index in [2.05, 4.69) is 22.8 Å². The molecule has 0 radical (unpaired) electrons. The van der Waals surface area contributed by atoms with E-state index in [9.17, 15) is 9.59 Å². The molecule has 0 aliphatic carbocycles. The molecular weight excluding hydrogens is 412 g/mol. The van der Waals surface area contributed by atoms with Crippen molar-refractivity contribution in [2.45, 2.75) is 44.9 Å². The second kappa shape index (κ2) is 9.77. The predicted octanol–water partition coefficient (Wildman–Crippen LogP) is 4.21. The molecular formula is C27H32N4O2. The average molecular weight is 445 g/mol. The fourth-order valence-corrected chi connectivity index (χ4v) is 5.23. The van der Waals surface area contributed by atoms with Gasteiger partial charge in [0.05, 0.1) is 11.0 Å². The van der Waals surface area contributed by atoms with Crippen molar-refractivity contribution in [1.82, 2.24) is 19.4 Å². The summed E-state index contributed by atoms with van der Waals surface area (Å²) in [6, 6.07) is 18.3. The van der Waals surface area contributed by atoms with Crippen LogP contribution in [0.4, 0.5) is 0 Å². The fourth-order valence-electron chi connectivity index (χ4n) is 5.23. The number of fused-ring (bicyclic) bond motifs is 1. The summed E-state index contributed by atoms with van der Waals surface area (Å²) in [5, 5.41) is 0. The summed E-state index contributed by atoms with van der Waals surface area (Å²) < 4.78 is 2.16. The third-order valence-electron chi connectivity index (χ3n) is 7.07. The minimum Gasteiger partial charge on any atom is -0.343 e. The number of carbonyl (C=O) groups is 2. The van der Waals surface area contributed by atoms with Crippen molar-refractivity contribution in [2.75, 3.05) is 26.2 Å². The summed E-state index contributed by atoms with van der Waals surface area (Å²) in [4.78, 5) is 34.6. The van der Waals surface area contributed by atoms with Gasteiger partial charge in [0, 0.05) is 50.6 Å². The first-order valence-corrected chi connectivity index (χ1v) is 12.3. The number of likely N-dealkylation sites (tertiary alicyclic amines) is 2. The highest BCUT2D eigenvalue weighted by atomic mass is 16.2. The third-order valence-corrected chi connectivity index (χ3v) is 7.07. The Morgan fingerprint density at radius 3 is 2.27 bits per heavy atom. The van der Waals surface area contributed by atoms with E-state index >= 15 is 0 Å². The Hall–Kier alpha value is -3.15. The number of aryl methyl sites for hydroxylation is 1. The maximum Gasteiger partial charge on any atom is 0.225 e. The lowest BCUT2D eigenvalue weighted by Crippen LogP contribution is -2.45. The molecule has 33 heavy (non-hydrogen) atoms. The molecule has 2 aliphatic heterocycles. The molecule has 2 fully saturated rings. The number of piperidine rings is 2. The van der Waals surface area contributed by atoms with Gasteiger partial charge in [-0.2, -0.15) is 0 Å². The molecule has 172 valence electrons. The zero-order valence-corrected chi connectivity index (χ0v) is 19.2. The van der Waals surface area contributed by atoms with E-state index in [0.29, 0.717) is 31.8 Å². The van der Waals surface area contributed by atoms with Crippen molar-refractivity contribution >= 4 is 22.8 Å². The Labute approximate surface area is 195 Å². The molecule has 3 aromatic rings. The second-order valence-electron chi connectivity index (χ2n) is 9.23. The van der Waals surface area contributed by atoms with Crippen LogP contribution in [-0.4, -0.2) is 57.3 Å². The summed E-state index contributed by atoms with van der Waals surface area (Å²) in [6.07, 6.45) is 6.06. The summed E-state index contributed by atoms with van der Waals surface area (Å²) >= 11 is 0. The van der Waals surface area contributed by atoms with Crippen molar-refractivity contribution < 1.29 is 9.59 Å². The van der Waals surface area contributed by atoms with Crippen molar-refractivity contribution in [3.63, 3.8) is 0 Å². The SMILES string of the molecule is O=C(CCc1nc2ccccc2n1-c1ccccc1)N1CCC(C(=O)N2CCCCC2)CC1. The van der Waals surface area contributed by atoms with Crippen LogP contribution in [0.2, 0.25) is 0 Å². The van der Waals surface area contributed by atoms with Gasteiger partial charge >= 0.3 is 0 Å². The lowest BCUT2D eigenvalue weighted by molar-refractivity contribution is -0.141. The van der Waals surface area contributed by atoms with Gasteiger partial charge in [0.25, 0.3) is 0 Å². The van der Waals surface area contributed by atoms with E-state index in [4.69, 9.17) is 4.98 Å². The molecule has 3 heterocycles. The zero-order chi connectivity index (χ0) is 22.6. The van der Waals surface area contributed by atoms with Crippen LogP contribution in [0.5, 0.6) is 0 Å². The van der Waals surface area contributed by atoms with Crippen molar-refractivity contribution in [3.05, 3.63) is 60.4 Å². The minimum atomic E-state index is 0.0782. The largest absolute Gasteiger partial charge is 0.343 e. The summed E-state index contributed by atoms with van der Waals surface area (Å²) in [7, 11) is 0. The van der Waals surface area contributed by atoms with Gasteiger partial charge < -0.3 is 9.80 Å². The van der Waals surface area contributed by atoms with E-state index in [0.717, 1.165) is 61.3 Å². The van der Waals surface area contributed by atoms with Gasteiger partial charge in [-0.1, -0.05) is 30.3 Å². The van der Waals surface area contributed by atoms with Gasteiger partial charge in [0.2, 0.25) is 11.8 Å². The summed E-state index contributed by atoms with van der Waals surface area (Å²) in [5.74, 6) is 1.45. The van der Waals surface area contributed by atoms with E-state index in [-0.39, 0.29) is 11.8 Å². The van der Waals surface area contributed by atoms with E-state index in [1.54, 1.807) is 0 Å². The quantitative estimate of drug-likeness (QED) is 0.592. The Morgan fingerprint density at radius 1 is 0.818 bits per heavy atom. The standard InChI is InChI=1S/C27H32N4O2/c32-26(29-19-15-21(16-20-29)27(33)30-17-7-2-8-18-30)14-13-25-28-23-11-5-6-12-24(23)31(25)22-9-3-1-4-10-22/h1,3-6,9-12,21H,2,7-8,13-20H2. The first-order chi connectivity index (χ1) is 16.2. The van der Waals surface area contributed by atoms with Gasteiger partial charge in [0.1, 0.15) is 5.82 Å². The van der Waals surface area contributed by atoms with Crippen LogP contribution in [0, 0.1) is 5.92 Å². The first-order valence-electron chi connectivity index (χ1n) is 12.3. The molecule has 0 atom stereocenters. The lowest BCUT2D eigenvalue weighted by Gasteiger charge is -2.35. The van der Waals surface area contributed by atoms with Crippen molar-refractivity contribution in [1.29, 1.82) is 0 Å². The van der Waals surface area contributed by atoms with Gasteiger partial charge in [-0.25, -0.2) is 4.98 Å². The molecule has 0 spiro atoms. The number of amides is 2. The van der Waals surface area contributed by atoms with Crippen molar-refractivity contribution in [3.8, 4) is 5.69 Å². The molecule has 2 aromatic carbocycles. The lowest BCUT2D eigenvalue weighted by atomic mass is 9.94. The Kier molecular flexibility index (Phi) is 6.42. The number of imidazole rings is 1. The van der Waals surface area contributed by atoms with Crippen LogP contribution < -0.4 is 0 Å². The highest BCUT2D eigenvalue weighted by Crippen LogP contribution is 2.24. The number of para-hydroxylation sites is 3. The number of nitrogens with zero attached hydrogens (tertiary/aromatic N) is 4. The van der Waals surface area contributed by atoms with Gasteiger partial charge in [-0.15, -0.1) is 0 Å². The van der Waals surface area contributed by atoms with Crippen LogP contribution in [0.15, 0.2) is 54.6 Å². The number of hydrogen-bond donors (Lipinski definition) is 0. The normalized spacial score (nSPS) is 17.5. The molecule has 0 saturated carbocycles. The topological polar surface area (TPSA) is 58.4 Å². The maximum absolute atomic E-state index is 13.0. The number of rotatable bonds is 5. The first kappa shape index (κ1) is 21.7. The van der Waals surface area contributed by atoms with E-state index in [1.165, 1.54) is 6.42 Å². The molecule has 1 aromatic heterocycles. The van der Waals surface area contributed by atoms with Crippen molar-refractivity contribution in [2.24, 2.45) is 5.92 Å². The smallest absolute Gasteiger partial charge is 0.225 e. The molecule has 6 heteroatoms. The maximum atomic E-state index is 13.0. The number of hydrogen-bond acceptors (Lipinski definition) is 3. The molecule has 0 N–H and O–H groups in total. The molecule has 6 nitrogen and oxygen atoms in total. The highest BCUT2D eigenvalue weighted by Gasteiger charge is 2.30. The van der Waals surface area contributed by atoms with E-state index < -0.39 is 0 Å². The van der Waals surface area contributed by atoms with Crippen LogP contribution in [-0.2, 0) is 16.0 Å². The average Bonchev–Trinajstić information content (AvgIpc) is 3.26. The molecule has 5 rings (SSSR count). The van der Waals surface area contributed by atoms with E-state index in [1.807, 2.05) is 46.2 Å². The summed E-state index contributed by atoms with van der Waals surface area (Å²) in [6.45, 7) is 3.16. The van der Waals surface area contributed by atoms with Gasteiger partial charge in [-0.3, -0.25) is 14.2 Å². The van der Waals surface area contributed by atoms with Gasteiger partial charge in [-0.05, 0) is 56.4 Å². The number of benzene rings is 2. The molecule has 2 aliphatic rings. The van der Waals surface area contributed by atoms with Crippen LogP contribution >= 0.6 is 0 Å². The molecule has 0 unspecified atom stereocenters. The summed E-state index contributed by atoms with van der Waals surface area (Å²) in [5.41, 5.74) is 3.06. The predicted molar refractivity (Wildman–Crippen MR) is 129 cm³/mol. The van der Waals surface area contributed by atoms with Crippen LogP contribution in [0.1, 0.15) is 44.3 Å². The highest BCUT2D eigenvalue weighted by molar-refractivity contribution is 5.81.